The standard InChI is InChI=1S/C6H10BNO2/c8-4-5-2-1-3-6(5)7(9)10/h5-6,9-10H,1-3H2. The Bertz CT molecular complexity index is 154. The van der Waals surface area contributed by atoms with Crippen molar-refractivity contribution in [3.63, 3.8) is 0 Å². The van der Waals surface area contributed by atoms with E-state index in [4.69, 9.17) is 15.3 Å². The minimum absolute atomic E-state index is 0.139. The van der Waals surface area contributed by atoms with Crippen molar-refractivity contribution < 1.29 is 10.0 Å². The molecule has 0 bridgehead atoms. The van der Waals surface area contributed by atoms with Gasteiger partial charge in [0.25, 0.3) is 0 Å². The van der Waals surface area contributed by atoms with Crippen LogP contribution < -0.4 is 0 Å². The summed E-state index contributed by atoms with van der Waals surface area (Å²) >= 11 is 0. The van der Waals surface area contributed by atoms with E-state index in [1.54, 1.807) is 0 Å². The van der Waals surface area contributed by atoms with E-state index in [2.05, 4.69) is 6.07 Å². The predicted molar refractivity (Wildman–Crippen MR) is 36.9 cm³/mol. The monoisotopic (exact) mass is 139 g/mol. The first-order chi connectivity index (χ1) is 4.75. The maximum absolute atomic E-state index is 8.76. The van der Waals surface area contributed by atoms with Gasteiger partial charge in [0.2, 0.25) is 0 Å². The van der Waals surface area contributed by atoms with Gasteiger partial charge in [-0.05, 0) is 6.42 Å². The van der Waals surface area contributed by atoms with Crippen LogP contribution >= 0.6 is 0 Å². The lowest BCUT2D eigenvalue weighted by molar-refractivity contribution is 0.374. The summed E-state index contributed by atoms with van der Waals surface area (Å²) in [5, 5.41) is 26.0. The number of hydrogen-bond acceptors (Lipinski definition) is 3. The molecule has 0 aromatic heterocycles. The van der Waals surface area contributed by atoms with E-state index in [9.17, 15) is 0 Å². The number of hydrogen-bond donors (Lipinski definition) is 2. The van der Waals surface area contributed by atoms with Crippen LogP contribution in [0.15, 0.2) is 0 Å². The van der Waals surface area contributed by atoms with Crippen LogP contribution in [0.3, 0.4) is 0 Å². The SMILES string of the molecule is N#CC1CCCC1B(O)O. The molecule has 10 heavy (non-hydrogen) atoms. The van der Waals surface area contributed by atoms with Crippen LogP contribution in [0.5, 0.6) is 0 Å². The molecule has 1 fully saturated rings. The molecule has 3 nitrogen and oxygen atoms in total. The molecule has 0 saturated heterocycles. The highest BCUT2D eigenvalue weighted by atomic mass is 16.4. The maximum atomic E-state index is 8.76. The van der Waals surface area contributed by atoms with Crippen molar-refractivity contribution in [2.45, 2.75) is 25.1 Å². The highest BCUT2D eigenvalue weighted by molar-refractivity contribution is 6.43. The summed E-state index contributed by atoms with van der Waals surface area (Å²) in [5.41, 5.74) is 0. The van der Waals surface area contributed by atoms with Crippen molar-refractivity contribution in [2.75, 3.05) is 0 Å². The van der Waals surface area contributed by atoms with E-state index >= 15 is 0 Å². The second kappa shape index (κ2) is 3.04. The second-order valence-electron chi connectivity index (χ2n) is 2.74. The summed E-state index contributed by atoms with van der Waals surface area (Å²) in [6.45, 7) is 0. The van der Waals surface area contributed by atoms with Gasteiger partial charge in [-0.3, -0.25) is 0 Å². The second-order valence-corrected chi connectivity index (χ2v) is 2.74. The van der Waals surface area contributed by atoms with E-state index in [0.717, 1.165) is 19.3 Å². The summed E-state index contributed by atoms with van der Waals surface area (Å²) in [5.74, 6) is -0.343. The topological polar surface area (TPSA) is 64.2 Å². The lowest BCUT2D eigenvalue weighted by Gasteiger charge is -2.09. The van der Waals surface area contributed by atoms with Gasteiger partial charge in [0.05, 0.1) is 6.07 Å². The average molecular weight is 139 g/mol. The van der Waals surface area contributed by atoms with Gasteiger partial charge in [0.15, 0.2) is 0 Å². The first-order valence-corrected chi connectivity index (χ1v) is 3.51. The fourth-order valence-corrected chi connectivity index (χ4v) is 1.51. The van der Waals surface area contributed by atoms with Crippen LogP contribution in [0.4, 0.5) is 0 Å². The third-order valence-electron chi connectivity index (χ3n) is 2.12. The molecule has 0 aliphatic heterocycles. The molecule has 0 amide bonds. The molecule has 0 radical (unpaired) electrons. The number of nitriles is 1. The van der Waals surface area contributed by atoms with Gasteiger partial charge in [-0.1, -0.05) is 12.8 Å². The number of nitrogens with zero attached hydrogens (tertiary/aromatic N) is 1. The Morgan fingerprint density at radius 3 is 2.50 bits per heavy atom. The van der Waals surface area contributed by atoms with Crippen molar-refractivity contribution in [3.8, 4) is 6.07 Å². The first-order valence-electron chi connectivity index (χ1n) is 3.51. The Kier molecular flexibility index (Phi) is 2.31. The van der Waals surface area contributed by atoms with Gasteiger partial charge in [-0.25, -0.2) is 0 Å². The van der Waals surface area contributed by atoms with Crippen molar-refractivity contribution in [1.82, 2.24) is 0 Å². The lowest BCUT2D eigenvalue weighted by atomic mass is 9.67. The molecule has 1 rings (SSSR count). The van der Waals surface area contributed by atoms with Crippen LogP contribution in [0.2, 0.25) is 5.82 Å². The maximum Gasteiger partial charge on any atom is 0.456 e. The largest absolute Gasteiger partial charge is 0.456 e. The first kappa shape index (κ1) is 7.58. The van der Waals surface area contributed by atoms with Crippen LogP contribution in [-0.2, 0) is 0 Å². The van der Waals surface area contributed by atoms with E-state index in [1.165, 1.54) is 0 Å². The van der Waals surface area contributed by atoms with Gasteiger partial charge < -0.3 is 10.0 Å². The zero-order valence-electron chi connectivity index (χ0n) is 5.70. The van der Waals surface area contributed by atoms with E-state index in [0.29, 0.717) is 0 Å². The van der Waals surface area contributed by atoms with Gasteiger partial charge in [0, 0.05) is 11.7 Å². The average Bonchev–Trinajstić information content (AvgIpc) is 2.33. The fourth-order valence-electron chi connectivity index (χ4n) is 1.51. The Morgan fingerprint density at radius 2 is 2.10 bits per heavy atom. The summed E-state index contributed by atoms with van der Waals surface area (Å²) in [6.07, 6.45) is 2.54. The van der Waals surface area contributed by atoms with Crippen LogP contribution in [0, 0.1) is 17.2 Å². The Labute approximate surface area is 60.4 Å². The molecule has 1 saturated carbocycles. The van der Waals surface area contributed by atoms with E-state index in [1.807, 2.05) is 0 Å². The Morgan fingerprint density at radius 1 is 1.40 bits per heavy atom. The Balaban J connectivity index is 2.52. The molecule has 54 valence electrons. The third-order valence-corrected chi connectivity index (χ3v) is 2.12. The molecule has 2 N–H and O–H groups in total. The summed E-state index contributed by atoms with van der Waals surface area (Å²) in [6, 6.07) is 2.08. The van der Waals surface area contributed by atoms with E-state index < -0.39 is 7.12 Å². The zero-order chi connectivity index (χ0) is 7.56. The molecule has 0 spiro atoms. The molecule has 2 atom stereocenters. The lowest BCUT2D eigenvalue weighted by Crippen LogP contribution is -2.22. The summed E-state index contributed by atoms with van der Waals surface area (Å²) in [7, 11) is -1.30. The van der Waals surface area contributed by atoms with Crippen LogP contribution in [0.1, 0.15) is 19.3 Å². The smallest absolute Gasteiger partial charge is 0.427 e. The molecule has 2 unspecified atom stereocenters. The molecule has 1 aliphatic carbocycles. The summed E-state index contributed by atoms with van der Waals surface area (Å²) < 4.78 is 0. The quantitative estimate of drug-likeness (QED) is 0.508. The van der Waals surface area contributed by atoms with E-state index in [-0.39, 0.29) is 11.7 Å². The normalized spacial score (nSPS) is 31.7. The molecular weight excluding hydrogens is 129 g/mol. The van der Waals surface area contributed by atoms with Crippen molar-refractivity contribution in [1.29, 1.82) is 5.26 Å². The fraction of sp³-hybridized carbons (Fsp3) is 0.833. The van der Waals surface area contributed by atoms with Crippen molar-refractivity contribution in [3.05, 3.63) is 0 Å². The molecule has 4 heteroatoms. The van der Waals surface area contributed by atoms with Crippen molar-refractivity contribution in [2.24, 2.45) is 5.92 Å². The minimum Gasteiger partial charge on any atom is -0.427 e. The highest BCUT2D eigenvalue weighted by Crippen LogP contribution is 2.36. The van der Waals surface area contributed by atoms with Gasteiger partial charge in [0.1, 0.15) is 0 Å². The van der Waals surface area contributed by atoms with Crippen LogP contribution in [-0.4, -0.2) is 17.2 Å². The van der Waals surface area contributed by atoms with Crippen molar-refractivity contribution >= 4 is 7.12 Å². The number of rotatable bonds is 1. The molecule has 1 aliphatic rings. The molecule has 0 aromatic carbocycles. The molecule has 0 heterocycles. The third kappa shape index (κ3) is 1.31. The van der Waals surface area contributed by atoms with Crippen LogP contribution in [0.25, 0.3) is 0 Å². The van der Waals surface area contributed by atoms with Gasteiger partial charge >= 0.3 is 7.12 Å². The zero-order valence-corrected chi connectivity index (χ0v) is 5.70. The highest BCUT2D eigenvalue weighted by Gasteiger charge is 2.35. The van der Waals surface area contributed by atoms with Gasteiger partial charge in [-0.15, -0.1) is 0 Å². The predicted octanol–water partition coefficient (Wildman–Crippen LogP) is 0.153. The molecule has 0 aromatic rings. The Hall–Kier alpha value is -0.525. The molecular formula is C6H10BNO2. The summed E-state index contributed by atoms with van der Waals surface area (Å²) in [4.78, 5) is 0. The van der Waals surface area contributed by atoms with Gasteiger partial charge in [-0.2, -0.15) is 5.26 Å². The minimum atomic E-state index is -1.30.